The number of hydrogen-bond donors (Lipinski definition) is 2. The van der Waals surface area contributed by atoms with Gasteiger partial charge in [-0.1, -0.05) is 30.3 Å². The van der Waals surface area contributed by atoms with Crippen molar-refractivity contribution in [2.75, 3.05) is 6.54 Å². The van der Waals surface area contributed by atoms with Crippen molar-refractivity contribution in [1.29, 1.82) is 0 Å². The first-order valence-corrected chi connectivity index (χ1v) is 9.59. The minimum absolute atomic E-state index is 0.296. The Labute approximate surface area is 169 Å². The topological polar surface area (TPSA) is 95.8 Å². The fourth-order valence-corrected chi connectivity index (χ4v) is 3.77. The maximum absolute atomic E-state index is 11.6. The highest BCUT2D eigenvalue weighted by Gasteiger charge is 2.41. The zero-order chi connectivity index (χ0) is 20.5. The maximum atomic E-state index is 11.6. The molecule has 1 aromatic carbocycles. The summed E-state index contributed by atoms with van der Waals surface area (Å²) in [6, 6.07) is 14.7. The summed E-state index contributed by atoms with van der Waals surface area (Å²) in [6.07, 6.45) is -0.0643. The summed E-state index contributed by atoms with van der Waals surface area (Å²) >= 11 is 0. The largest absolute Gasteiger partial charge is 0.488 e. The van der Waals surface area contributed by atoms with E-state index in [9.17, 15) is 14.9 Å². The summed E-state index contributed by atoms with van der Waals surface area (Å²) < 4.78 is 6.26. The van der Waals surface area contributed by atoms with Gasteiger partial charge in [0.05, 0.1) is 11.1 Å². The number of aromatic nitrogens is 2. The molecule has 1 aliphatic rings. The van der Waals surface area contributed by atoms with Crippen LogP contribution in [0.2, 0.25) is 6.82 Å². The Morgan fingerprint density at radius 2 is 1.97 bits per heavy atom. The molecule has 3 aromatic rings. The number of aliphatic carboxylic acids is 1. The number of carboxylic acids is 1. The first kappa shape index (κ1) is 19.4. The van der Waals surface area contributed by atoms with Crippen molar-refractivity contribution in [2.24, 2.45) is 0 Å². The Hall–Kier alpha value is -2.97. The molecule has 29 heavy (non-hydrogen) atoms. The van der Waals surface area contributed by atoms with Crippen LogP contribution in [0.4, 0.5) is 0 Å². The predicted octanol–water partition coefficient (Wildman–Crippen LogP) is 2.62. The molecule has 0 aliphatic carbocycles. The van der Waals surface area contributed by atoms with E-state index in [1.165, 1.54) is 4.81 Å². The zero-order valence-corrected chi connectivity index (χ0v) is 16.3. The molecule has 0 bridgehead atoms. The third-order valence-corrected chi connectivity index (χ3v) is 5.20. The van der Waals surface area contributed by atoms with E-state index in [2.05, 4.69) is 4.98 Å². The van der Waals surface area contributed by atoms with Gasteiger partial charge in [0, 0.05) is 30.3 Å². The molecule has 8 heteroatoms. The summed E-state index contributed by atoms with van der Waals surface area (Å²) in [4.78, 5) is 22.4. The fourth-order valence-electron chi connectivity index (χ4n) is 3.77. The number of carbonyl (C=O) groups is 1. The SMILES string of the molecule is CB(O)N1C[C@H](Oc2cc(-c3ccccc3)nc3nc(C)ccc23)C[C@H]1C(=O)O. The van der Waals surface area contributed by atoms with E-state index in [0.29, 0.717) is 24.4 Å². The van der Waals surface area contributed by atoms with Crippen LogP contribution >= 0.6 is 0 Å². The number of pyridine rings is 2. The van der Waals surface area contributed by atoms with Crippen molar-refractivity contribution in [2.45, 2.75) is 32.3 Å². The van der Waals surface area contributed by atoms with Crippen molar-refractivity contribution >= 4 is 24.1 Å². The van der Waals surface area contributed by atoms with Gasteiger partial charge in [0.1, 0.15) is 17.9 Å². The predicted molar refractivity (Wildman–Crippen MR) is 111 cm³/mol. The molecule has 4 rings (SSSR count). The lowest BCUT2D eigenvalue weighted by atomic mass is 9.84. The highest BCUT2D eigenvalue weighted by Crippen LogP contribution is 2.32. The van der Waals surface area contributed by atoms with Crippen molar-refractivity contribution < 1.29 is 19.7 Å². The quantitative estimate of drug-likeness (QED) is 0.646. The summed E-state index contributed by atoms with van der Waals surface area (Å²) in [5.74, 6) is -0.346. The molecule has 0 spiro atoms. The molecule has 2 N–H and O–H groups in total. The van der Waals surface area contributed by atoms with E-state index in [1.807, 2.05) is 55.5 Å². The number of fused-ring (bicyclic) bond motifs is 1. The number of hydrogen-bond acceptors (Lipinski definition) is 6. The first-order chi connectivity index (χ1) is 13.9. The molecule has 2 aromatic heterocycles. The van der Waals surface area contributed by atoms with Crippen LogP contribution in [0.5, 0.6) is 5.75 Å². The molecule has 2 atom stereocenters. The number of carboxylic acid groups (broad SMARTS) is 1. The van der Waals surface area contributed by atoms with Crippen LogP contribution in [0.25, 0.3) is 22.3 Å². The van der Waals surface area contributed by atoms with Gasteiger partial charge in [-0.05, 0) is 25.9 Å². The Balaban J connectivity index is 1.72. The number of ether oxygens (including phenoxy) is 1. The minimum atomic E-state index is -0.959. The average molecular weight is 391 g/mol. The van der Waals surface area contributed by atoms with E-state index < -0.39 is 19.1 Å². The second-order valence-electron chi connectivity index (χ2n) is 7.35. The number of nitrogens with zero attached hydrogens (tertiary/aromatic N) is 3. The zero-order valence-electron chi connectivity index (χ0n) is 16.3. The van der Waals surface area contributed by atoms with E-state index >= 15 is 0 Å². The molecule has 148 valence electrons. The molecule has 0 amide bonds. The molecule has 0 unspecified atom stereocenters. The number of aryl methyl sites for hydroxylation is 1. The first-order valence-electron chi connectivity index (χ1n) is 9.59. The van der Waals surface area contributed by atoms with Crippen LogP contribution in [0.1, 0.15) is 12.1 Å². The van der Waals surface area contributed by atoms with E-state index in [4.69, 9.17) is 9.72 Å². The third-order valence-electron chi connectivity index (χ3n) is 5.20. The second-order valence-corrected chi connectivity index (χ2v) is 7.35. The standard InChI is InChI=1S/C21H22BN3O4/c1-13-8-9-16-19(29-15-10-18(21(26)27)25(12-15)22(2)28)11-17(24-20(16)23-13)14-6-4-3-5-7-14/h3-9,11,15,18,28H,10,12H2,1-2H3,(H,26,27)/t15-,18+/m1/s1. The third kappa shape index (κ3) is 3.94. The van der Waals surface area contributed by atoms with Gasteiger partial charge in [-0.3, -0.25) is 4.79 Å². The highest BCUT2D eigenvalue weighted by atomic mass is 16.5. The monoisotopic (exact) mass is 391 g/mol. The molecule has 7 nitrogen and oxygen atoms in total. The molecule has 1 saturated heterocycles. The van der Waals surface area contributed by atoms with Gasteiger partial charge >= 0.3 is 13.0 Å². The van der Waals surface area contributed by atoms with Gasteiger partial charge in [-0.15, -0.1) is 0 Å². The van der Waals surface area contributed by atoms with Crippen LogP contribution < -0.4 is 4.74 Å². The number of rotatable bonds is 5. The van der Waals surface area contributed by atoms with Crippen LogP contribution in [-0.4, -0.2) is 56.6 Å². The van der Waals surface area contributed by atoms with Crippen molar-refractivity contribution in [3.63, 3.8) is 0 Å². The molecule has 1 fully saturated rings. The van der Waals surface area contributed by atoms with Gasteiger partial charge < -0.3 is 19.7 Å². The van der Waals surface area contributed by atoms with Gasteiger partial charge in [-0.2, -0.15) is 0 Å². The summed E-state index contributed by atoms with van der Waals surface area (Å²) in [7, 11) is -0.858. The van der Waals surface area contributed by atoms with Crippen LogP contribution in [0.15, 0.2) is 48.5 Å². The molecule has 0 radical (unpaired) electrons. The molecular weight excluding hydrogens is 369 g/mol. The van der Waals surface area contributed by atoms with E-state index in [-0.39, 0.29) is 6.10 Å². The molecule has 0 saturated carbocycles. The molecular formula is C21H22BN3O4. The van der Waals surface area contributed by atoms with Crippen LogP contribution in [-0.2, 0) is 4.79 Å². The van der Waals surface area contributed by atoms with Gasteiger partial charge in [-0.25, -0.2) is 9.97 Å². The van der Waals surface area contributed by atoms with Gasteiger partial charge in [0.15, 0.2) is 5.65 Å². The smallest absolute Gasteiger partial charge is 0.377 e. The maximum Gasteiger partial charge on any atom is 0.377 e. The lowest BCUT2D eigenvalue weighted by molar-refractivity contribution is -0.141. The summed E-state index contributed by atoms with van der Waals surface area (Å²) in [5.41, 5.74) is 3.13. The van der Waals surface area contributed by atoms with Crippen molar-refractivity contribution in [3.05, 3.63) is 54.2 Å². The van der Waals surface area contributed by atoms with Crippen LogP contribution in [0, 0.1) is 6.92 Å². The fraction of sp³-hybridized carbons (Fsp3) is 0.286. The van der Waals surface area contributed by atoms with Crippen LogP contribution in [0.3, 0.4) is 0 Å². The average Bonchev–Trinajstić information content (AvgIpc) is 3.13. The van der Waals surface area contributed by atoms with Gasteiger partial charge in [0.25, 0.3) is 0 Å². The molecule has 1 aliphatic heterocycles. The number of benzene rings is 1. The molecule has 3 heterocycles. The van der Waals surface area contributed by atoms with Crippen molar-refractivity contribution in [3.8, 4) is 17.0 Å². The Morgan fingerprint density at radius 1 is 1.21 bits per heavy atom. The normalized spacial score (nSPS) is 19.4. The van der Waals surface area contributed by atoms with E-state index in [0.717, 1.165) is 22.3 Å². The highest BCUT2D eigenvalue weighted by molar-refractivity contribution is 6.45. The lowest BCUT2D eigenvalue weighted by Crippen LogP contribution is -2.45. The van der Waals surface area contributed by atoms with Gasteiger partial charge in [0.2, 0.25) is 0 Å². The summed E-state index contributed by atoms with van der Waals surface area (Å²) in [6.45, 7) is 3.81. The Kier molecular flexibility index (Phi) is 5.21. The van der Waals surface area contributed by atoms with Crippen molar-refractivity contribution in [1.82, 2.24) is 14.8 Å². The van der Waals surface area contributed by atoms with E-state index in [1.54, 1.807) is 6.82 Å². The Morgan fingerprint density at radius 3 is 2.62 bits per heavy atom. The lowest BCUT2D eigenvalue weighted by Gasteiger charge is -2.21. The Bertz CT molecular complexity index is 1040. The summed E-state index contributed by atoms with van der Waals surface area (Å²) in [5, 5.41) is 20.2. The second kappa shape index (κ2) is 7.81. The minimum Gasteiger partial charge on any atom is -0.488 e.